The summed E-state index contributed by atoms with van der Waals surface area (Å²) in [6.45, 7) is 5.17. The third-order valence-corrected chi connectivity index (χ3v) is 2.05. The van der Waals surface area contributed by atoms with E-state index in [-0.39, 0.29) is 0 Å². The molecule has 0 aliphatic rings. The molecule has 2 N–H and O–H groups in total. The summed E-state index contributed by atoms with van der Waals surface area (Å²) in [6.07, 6.45) is 9.16. The number of rotatable bonds is 5. The molecule has 15 heavy (non-hydrogen) atoms. The van der Waals surface area contributed by atoms with Crippen LogP contribution in [0.4, 0.5) is 5.95 Å². The van der Waals surface area contributed by atoms with Crippen molar-refractivity contribution < 1.29 is 0 Å². The second kappa shape index (κ2) is 4.45. The molecule has 0 bridgehead atoms. The number of hydrogen-bond donors (Lipinski definition) is 2. The first-order valence-electron chi connectivity index (χ1n) is 4.73. The zero-order valence-electron chi connectivity index (χ0n) is 8.35. The quantitative estimate of drug-likeness (QED) is 0.722. The lowest BCUT2D eigenvalue weighted by molar-refractivity contribution is 0.820. The summed E-state index contributed by atoms with van der Waals surface area (Å²) in [7, 11) is 0. The summed E-state index contributed by atoms with van der Waals surface area (Å²) in [5.74, 6) is 0.844. The van der Waals surface area contributed by atoms with Crippen LogP contribution in [0.2, 0.25) is 0 Å². The normalized spacial score (nSPS) is 10.1. The Morgan fingerprint density at radius 1 is 1.60 bits per heavy atom. The SMILES string of the molecule is C=CCn1ccnc1NCc1cn[nH]c1. The fraction of sp³-hybridized carbons (Fsp3) is 0.200. The summed E-state index contributed by atoms with van der Waals surface area (Å²) in [5, 5.41) is 9.86. The smallest absolute Gasteiger partial charge is 0.203 e. The van der Waals surface area contributed by atoms with Gasteiger partial charge in [-0.25, -0.2) is 4.98 Å². The van der Waals surface area contributed by atoms with E-state index in [4.69, 9.17) is 0 Å². The van der Waals surface area contributed by atoms with Crippen LogP contribution in [-0.2, 0) is 13.1 Å². The predicted octanol–water partition coefficient (Wildman–Crippen LogP) is 1.40. The summed E-state index contributed by atoms with van der Waals surface area (Å²) in [4.78, 5) is 4.21. The van der Waals surface area contributed by atoms with E-state index in [1.165, 1.54) is 0 Å². The predicted molar refractivity (Wildman–Crippen MR) is 58.3 cm³/mol. The van der Waals surface area contributed by atoms with Gasteiger partial charge in [-0.05, 0) is 0 Å². The van der Waals surface area contributed by atoms with Crippen molar-refractivity contribution in [3.05, 3.63) is 43.0 Å². The minimum Gasteiger partial charge on any atom is -0.351 e. The van der Waals surface area contributed by atoms with Crippen LogP contribution in [0.3, 0.4) is 0 Å². The number of H-pyrrole nitrogens is 1. The van der Waals surface area contributed by atoms with Crippen molar-refractivity contribution in [2.45, 2.75) is 13.1 Å². The van der Waals surface area contributed by atoms with Gasteiger partial charge in [0.15, 0.2) is 0 Å². The second-order valence-corrected chi connectivity index (χ2v) is 3.15. The van der Waals surface area contributed by atoms with Gasteiger partial charge in [0.25, 0.3) is 0 Å². The highest BCUT2D eigenvalue weighted by Gasteiger charge is 2.00. The van der Waals surface area contributed by atoms with Crippen molar-refractivity contribution in [2.24, 2.45) is 0 Å². The highest BCUT2D eigenvalue weighted by molar-refractivity contribution is 5.27. The van der Waals surface area contributed by atoms with Crippen molar-refractivity contribution in [1.29, 1.82) is 0 Å². The van der Waals surface area contributed by atoms with Crippen molar-refractivity contribution >= 4 is 5.95 Å². The number of nitrogens with zero attached hydrogens (tertiary/aromatic N) is 3. The average molecular weight is 203 g/mol. The van der Waals surface area contributed by atoms with Crippen LogP contribution >= 0.6 is 0 Å². The molecule has 5 heteroatoms. The summed E-state index contributed by atoms with van der Waals surface area (Å²) in [5.41, 5.74) is 1.10. The summed E-state index contributed by atoms with van der Waals surface area (Å²) in [6, 6.07) is 0. The molecule has 2 heterocycles. The van der Waals surface area contributed by atoms with Crippen molar-refractivity contribution in [3.8, 4) is 0 Å². The molecule has 78 valence electrons. The van der Waals surface area contributed by atoms with Gasteiger partial charge in [-0.1, -0.05) is 6.08 Å². The maximum atomic E-state index is 4.21. The van der Waals surface area contributed by atoms with Gasteiger partial charge in [-0.15, -0.1) is 6.58 Å². The van der Waals surface area contributed by atoms with Crippen LogP contribution in [0.25, 0.3) is 0 Å². The molecule has 0 fully saturated rings. The van der Waals surface area contributed by atoms with Gasteiger partial charge in [0.05, 0.1) is 6.20 Å². The topological polar surface area (TPSA) is 58.5 Å². The lowest BCUT2D eigenvalue weighted by Crippen LogP contribution is -2.06. The Morgan fingerprint density at radius 2 is 2.53 bits per heavy atom. The Bertz CT molecular complexity index is 415. The van der Waals surface area contributed by atoms with Gasteiger partial charge in [-0.2, -0.15) is 5.10 Å². The van der Waals surface area contributed by atoms with Gasteiger partial charge in [-0.3, -0.25) is 5.10 Å². The fourth-order valence-corrected chi connectivity index (χ4v) is 1.32. The molecule has 0 saturated heterocycles. The third kappa shape index (κ3) is 2.25. The fourth-order valence-electron chi connectivity index (χ4n) is 1.32. The summed E-state index contributed by atoms with van der Waals surface area (Å²) < 4.78 is 1.99. The van der Waals surface area contributed by atoms with Crippen molar-refractivity contribution in [1.82, 2.24) is 19.7 Å². The molecule has 5 nitrogen and oxygen atoms in total. The first kappa shape index (κ1) is 9.51. The number of hydrogen-bond acceptors (Lipinski definition) is 3. The van der Waals surface area contributed by atoms with Crippen LogP contribution in [0.5, 0.6) is 0 Å². The summed E-state index contributed by atoms with van der Waals surface area (Å²) >= 11 is 0. The minimum absolute atomic E-state index is 0.713. The Labute approximate surface area is 87.8 Å². The van der Waals surface area contributed by atoms with Gasteiger partial charge < -0.3 is 9.88 Å². The largest absolute Gasteiger partial charge is 0.351 e. The van der Waals surface area contributed by atoms with E-state index in [0.717, 1.165) is 18.1 Å². The zero-order valence-corrected chi connectivity index (χ0v) is 8.35. The Hall–Kier alpha value is -2.04. The molecule has 0 unspecified atom stereocenters. The second-order valence-electron chi connectivity index (χ2n) is 3.15. The van der Waals surface area contributed by atoms with Crippen molar-refractivity contribution in [2.75, 3.05) is 5.32 Å². The Kier molecular flexibility index (Phi) is 2.82. The number of imidazole rings is 1. The number of anilines is 1. The first-order chi connectivity index (χ1) is 7.40. The first-order valence-corrected chi connectivity index (χ1v) is 4.73. The highest BCUT2D eigenvalue weighted by atomic mass is 15.2. The van der Waals surface area contributed by atoms with E-state index < -0.39 is 0 Å². The third-order valence-electron chi connectivity index (χ3n) is 2.05. The van der Waals surface area contributed by atoms with Crippen LogP contribution in [-0.4, -0.2) is 19.7 Å². The maximum absolute atomic E-state index is 4.21. The van der Waals surface area contributed by atoms with Crippen molar-refractivity contribution in [3.63, 3.8) is 0 Å². The Balaban J connectivity index is 1.98. The molecular weight excluding hydrogens is 190 g/mol. The molecule has 2 aromatic rings. The molecule has 0 atom stereocenters. The molecule has 0 aliphatic carbocycles. The van der Waals surface area contributed by atoms with Crippen LogP contribution < -0.4 is 5.32 Å². The molecule has 0 radical (unpaired) electrons. The van der Waals surface area contributed by atoms with Gasteiger partial charge in [0, 0.05) is 37.2 Å². The average Bonchev–Trinajstić information content (AvgIpc) is 2.85. The molecule has 0 aromatic carbocycles. The van der Waals surface area contributed by atoms with Gasteiger partial charge in [0.1, 0.15) is 0 Å². The van der Waals surface area contributed by atoms with E-state index in [0.29, 0.717) is 6.54 Å². The number of aromatic amines is 1. The molecule has 0 amide bonds. The van der Waals surface area contributed by atoms with Gasteiger partial charge >= 0.3 is 0 Å². The van der Waals surface area contributed by atoms with Crippen LogP contribution in [0, 0.1) is 0 Å². The molecular formula is C10H13N5. The van der Waals surface area contributed by atoms with Gasteiger partial charge in [0.2, 0.25) is 5.95 Å². The maximum Gasteiger partial charge on any atom is 0.203 e. The minimum atomic E-state index is 0.713. The molecule has 0 saturated carbocycles. The number of allylic oxidation sites excluding steroid dienone is 1. The lowest BCUT2D eigenvalue weighted by atomic mass is 10.4. The molecule has 0 spiro atoms. The van der Waals surface area contributed by atoms with Crippen LogP contribution in [0.15, 0.2) is 37.4 Å². The van der Waals surface area contributed by atoms with E-state index in [2.05, 4.69) is 27.1 Å². The van der Waals surface area contributed by atoms with E-state index in [9.17, 15) is 0 Å². The Morgan fingerprint density at radius 3 is 3.27 bits per heavy atom. The lowest BCUT2D eigenvalue weighted by Gasteiger charge is -2.06. The molecule has 2 rings (SSSR count). The zero-order chi connectivity index (χ0) is 10.5. The molecule has 0 aliphatic heterocycles. The standard InChI is InChI=1S/C10H13N5/c1-2-4-15-5-3-11-10(15)12-6-9-7-13-14-8-9/h2-3,5,7-8H,1,4,6H2,(H,11,12)(H,13,14). The van der Waals surface area contributed by atoms with E-state index in [1.807, 2.05) is 23.0 Å². The monoisotopic (exact) mass is 203 g/mol. The van der Waals surface area contributed by atoms with Crippen LogP contribution in [0.1, 0.15) is 5.56 Å². The van der Waals surface area contributed by atoms with E-state index >= 15 is 0 Å². The molecule has 2 aromatic heterocycles. The highest BCUT2D eigenvalue weighted by Crippen LogP contribution is 2.06. The number of aromatic nitrogens is 4. The number of nitrogens with one attached hydrogen (secondary N) is 2. The van der Waals surface area contributed by atoms with E-state index in [1.54, 1.807) is 12.4 Å².